The first-order valence-electron chi connectivity index (χ1n) is 10.7. The van der Waals surface area contributed by atoms with Crippen LogP contribution < -0.4 is 5.32 Å². The number of amides is 1. The number of fused-ring (bicyclic) bond motifs is 1. The molecule has 0 unspecified atom stereocenters. The number of para-hydroxylation sites is 2. The number of likely N-dealkylation sites (tertiary alicyclic amines) is 1. The van der Waals surface area contributed by atoms with Crippen LogP contribution >= 0.6 is 15.9 Å². The van der Waals surface area contributed by atoms with Crippen molar-refractivity contribution < 1.29 is 9.53 Å². The number of carbonyl (C=O) groups excluding carboxylic acids is 1. The average Bonchev–Trinajstić information content (AvgIpc) is 3.06. The Balaban J connectivity index is 1.47. The fourth-order valence-corrected chi connectivity index (χ4v) is 4.10. The molecular weight excluding hydrogens is 456 g/mol. The van der Waals surface area contributed by atoms with E-state index in [0.717, 1.165) is 40.8 Å². The summed E-state index contributed by atoms with van der Waals surface area (Å²) >= 11 is 3.51. The van der Waals surface area contributed by atoms with Crippen molar-refractivity contribution >= 4 is 39.0 Å². The molecule has 0 saturated carbocycles. The summed E-state index contributed by atoms with van der Waals surface area (Å²) in [4.78, 5) is 19.0. The molecule has 0 spiro atoms. The Morgan fingerprint density at radius 1 is 1.13 bits per heavy atom. The third-order valence-electron chi connectivity index (χ3n) is 5.39. The van der Waals surface area contributed by atoms with E-state index in [1.165, 1.54) is 5.56 Å². The Morgan fingerprint density at radius 3 is 2.48 bits per heavy atom. The standard InChI is InChI=1S/C24H29BrN4O2/c1-24(2,3)31-23(30)28-14-12-19(13-15-28)26-22-27-20-6-4-5-7-21(20)29(22)16-17-8-10-18(25)11-9-17/h4-11,19H,12-16H2,1-3H3,(H,26,27). The van der Waals surface area contributed by atoms with Crippen molar-refractivity contribution in [2.24, 2.45) is 0 Å². The van der Waals surface area contributed by atoms with E-state index in [4.69, 9.17) is 9.72 Å². The van der Waals surface area contributed by atoms with E-state index >= 15 is 0 Å². The molecule has 6 nitrogen and oxygen atoms in total. The largest absolute Gasteiger partial charge is 0.444 e. The third kappa shape index (κ3) is 5.39. The quantitative estimate of drug-likeness (QED) is 0.518. The molecule has 1 N–H and O–H groups in total. The number of benzene rings is 2. The lowest BCUT2D eigenvalue weighted by Gasteiger charge is -2.34. The first-order chi connectivity index (χ1) is 14.8. The minimum atomic E-state index is -0.468. The van der Waals surface area contributed by atoms with Crippen molar-refractivity contribution in [3.63, 3.8) is 0 Å². The molecule has 0 aliphatic carbocycles. The fourth-order valence-electron chi connectivity index (χ4n) is 3.83. The number of nitrogens with one attached hydrogen (secondary N) is 1. The Hall–Kier alpha value is -2.54. The second-order valence-electron chi connectivity index (χ2n) is 9.02. The molecule has 0 radical (unpaired) electrons. The summed E-state index contributed by atoms with van der Waals surface area (Å²) in [6.45, 7) is 7.80. The van der Waals surface area contributed by atoms with E-state index in [0.29, 0.717) is 13.1 Å². The van der Waals surface area contributed by atoms with Gasteiger partial charge >= 0.3 is 6.09 Å². The van der Waals surface area contributed by atoms with Gasteiger partial charge in [0.1, 0.15) is 5.60 Å². The summed E-state index contributed by atoms with van der Waals surface area (Å²) in [6, 6.07) is 16.9. The number of rotatable bonds is 4. The molecule has 1 fully saturated rings. The van der Waals surface area contributed by atoms with E-state index in [-0.39, 0.29) is 12.1 Å². The third-order valence-corrected chi connectivity index (χ3v) is 5.92. The van der Waals surface area contributed by atoms with Crippen molar-refractivity contribution in [1.29, 1.82) is 0 Å². The summed E-state index contributed by atoms with van der Waals surface area (Å²) in [6.07, 6.45) is 1.50. The average molecular weight is 485 g/mol. The predicted octanol–water partition coefficient (Wildman–Crippen LogP) is 5.66. The van der Waals surface area contributed by atoms with Gasteiger partial charge in [0, 0.05) is 23.6 Å². The maximum Gasteiger partial charge on any atom is 0.410 e. The zero-order chi connectivity index (χ0) is 22.0. The van der Waals surface area contributed by atoms with Crippen LogP contribution in [0.2, 0.25) is 0 Å². The smallest absolute Gasteiger partial charge is 0.410 e. The Morgan fingerprint density at radius 2 is 1.81 bits per heavy atom. The summed E-state index contributed by atoms with van der Waals surface area (Å²) in [7, 11) is 0. The lowest BCUT2D eigenvalue weighted by atomic mass is 10.1. The van der Waals surface area contributed by atoms with Gasteiger partial charge in [-0.05, 0) is 63.4 Å². The molecule has 1 saturated heterocycles. The number of piperidine rings is 1. The molecule has 0 bridgehead atoms. The van der Waals surface area contributed by atoms with E-state index in [1.54, 1.807) is 4.90 Å². The molecule has 1 amide bonds. The van der Waals surface area contributed by atoms with E-state index in [2.05, 4.69) is 56.1 Å². The lowest BCUT2D eigenvalue weighted by molar-refractivity contribution is 0.0210. The van der Waals surface area contributed by atoms with Gasteiger partial charge in [0.25, 0.3) is 0 Å². The number of hydrogen-bond acceptors (Lipinski definition) is 4. The maximum atomic E-state index is 12.3. The Labute approximate surface area is 191 Å². The van der Waals surface area contributed by atoms with Crippen molar-refractivity contribution in [2.45, 2.75) is 51.8 Å². The highest BCUT2D eigenvalue weighted by atomic mass is 79.9. The predicted molar refractivity (Wildman–Crippen MR) is 127 cm³/mol. The maximum absolute atomic E-state index is 12.3. The number of anilines is 1. The highest BCUT2D eigenvalue weighted by Crippen LogP contribution is 2.25. The lowest BCUT2D eigenvalue weighted by Crippen LogP contribution is -2.44. The topological polar surface area (TPSA) is 59.4 Å². The van der Waals surface area contributed by atoms with Gasteiger partial charge in [-0.2, -0.15) is 0 Å². The zero-order valence-electron chi connectivity index (χ0n) is 18.3. The zero-order valence-corrected chi connectivity index (χ0v) is 19.9. The highest BCUT2D eigenvalue weighted by Gasteiger charge is 2.27. The molecule has 3 aromatic rings. The minimum absolute atomic E-state index is 0.228. The monoisotopic (exact) mass is 484 g/mol. The summed E-state index contributed by atoms with van der Waals surface area (Å²) in [5.41, 5.74) is 2.84. The number of aromatic nitrogens is 2. The van der Waals surface area contributed by atoms with Crippen LogP contribution in [0.15, 0.2) is 53.0 Å². The van der Waals surface area contributed by atoms with Crippen molar-refractivity contribution in [3.8, 4) is 0 Å². The van der Waals surface area contributed by atoms with Crippen LogP contribution in [0.1, 0.15) is 39.2 Å². The van der Waals surface area contributed by atoms with Crippen LogP contribution in [0.3, 0.4) is 0 Å². The highest BCUT2D eigenvalue weighted by molar-refractivity contribution is 9.10. The van der Waals surface area contributed by atoms with Crippen LogP contribution in [0, 0.1) is 0 Å². The number of carbonyl (C=O) groups is 1. The molecule has 0 atom stereocenters. The second-order valence-corrected chi connectivity index (χ2v) is 9.94. The van der Waals surface area contributed by atoms with Crippen molar-refractivity contribution in [2.75, 3.05) is 18.4 Å². The first kappa shape index (κ1) is 21.7. The van der Waals surface area contributed by atoms with Crippen LogP contribution in [0.25, 0.3) is 11.0 Å². The molecule has 31 heavy (non-hydrogen) atoms. The SMILES string of the molecule is CC(C)(C)OC(=O)N1CCC(Nc2nc3ccccc3n2Cc2ccc(Br)cc2)CC1. The second kappa shape index (κ2) is 8.91. The molecule has 1 aromatic heterocycles. The van der Waals surface area contributed by atoms with Crippen molar-refractivity contribution in [3.05, 3.63) is 58.6 Å². The molecule has 2 aromatic carbocycles. The van der Waals surface area contributed by atoms with E-state index < -0.39 is 5.60 Å². The van der Waals surface area contributed by atoms with Gasteiger partial charge in [-0.3, -0.25) is 0 Å². The molecule has 7 heteroatoms. The number of nitrogens with zero attached hydrogens (tertiary/aromatic N) is 3. The molecular formula is C24H29BrN4O2. The van der Waals surface area contributed by atoms with E-state index in [9.17, 15) is 4.79 Å². The first-order valence-corrected chi connectivity index (χ1v) is 11.5. The molecule has 164 valence electrons. The molecule has 1 aliphatic heterocycles. The van der Waals surface area contributed by atoms with Gasteiger partial charge in [0.2, 0.25) is 5.95 Å². The fraction of sp³-hybridized carbons (Fsp3) is 0.417. The Bertz CT molecular complexity index is 1050. The normalized spacial score (nSPS) is 15.3. The summed E-state index contributed by atoms with van der Waals surface area (Å²) in [5.74, 6) is 0.875. The van der Waals surface area contributed by atoms with Crippen LogP contribution in [-0.2, 0) is 11.3 Å². The molecule has 1 aliphatic rings. The molecule has 4 rings (SSSR count). The number of halogens is 1. The van der Waals surface area contributed by atoms with Gasteiger partial charge in [-0.25, -0.2) is 9.78 Å². The van der Waals surface area contributed by atoms with Gasteiger partial charge < -0.3 is 19.5 Å². The van der Waals surface area contributed by atoms with Crippen LogP contribution in [-0.4, -0.2) is 45.3 Å². The van der Waals surface area contributed by atoms with Crippen molar-refractivity contribution in [1.82, 2.24) is 14.5 Å². The number of ether oxygens (including phenoxy) is 1. The minimum Gasteiger partial charge on any atom is -0.444 e. The number of imidazole rings is 1. The Kier molecular flexibility index (Phi) is 6.23. The van der Waals surface area contributed by atoms with Gasteiger partial charge in [0.15, 0.2) is 0 Å². The van der Waals surface area contributed by atoms with Crippen LogP contribution in [0.5, 0.6) is 0 Å². The number of hydrogen-bond donors (Lipinski definition) is 1. The summed E-state index contributed by atoms with van der Waals surface area (Å²) < 4.78 is 8.82. The van der Waals surface area contributed by atoms with Crippen LogP contribution in [0.4, 0.5) is 10.7 Å². The molecule has 2 heterocycles. The van der Waals surface area contributed by atoms with Gasteiger partial charge in [-0.1, -0.05) is 40.2 Å². The summed E-state index contributed by atoms with van der Waals surface area (Å²) in [5, 5.41) is 3.64. The van der Waals surface area contributed by atoms with Gasteiger partial charge in [-0.15, -0.1) is 0 Å². The van der Waals surface area contributed by atoms with Gasteiger partial charge in [0.05, 0.1) is 17.6 Å². The van der Waals surface area contributed by atoms with E-state index in [1.807, 2.05) is 39.0 Å².